The lowest BCUT2D eigenvalue weighted by Gasteiger charge is -2.26. The molecule has 5 nitrogen and oxygen atoms in total. The van der Waals surface area contributed by atoms with Gasteiger partial charge in [0.2, 0.25) is 0 Å². The average molecular weight is 354 g/mol. The molecule has 0 aliphatic carbocycles. The summed E-state index contributed by atoms with van der Waals surface area (Å²) in [5.74, 6) is 1.47. The molecule has 2 aromatic rings. The second-order valence-electron chi connectivity index (χ2n) is 6.33. The largest absolute Gasteiger partial charge is 0.416 e. The smallest absolute Gasteiger partial charge is 0.392 e. The molecule has 1 aliphatic heterocycles. The standard InChI is InChI=1S/C17H21F3N4O/c1-3-24-11(2)21-22-16(24)10-23-9-12(25)8-15(23)13-6-4-5-7-14(13)17(18,19)20/h4-7,12,15,25H,3,8-10H2,1-2H3/t12-,15-/m1/s1. The highest BCUT2D eigenvalue weighted by Crippen LogP contribution is 2.40. The molecule has 1 fully saturated rings. The first-order valence-corrected chi connectivity index (χ1v) is 8.28. The molecule has 2 atom stereocenters. The molecule has 1 N–H and O–H groups in total. The van der Waals surface area contributed by atoms with Gasteiger partial charge in [0.05, 0.1) is 18.2 Å². The molecule has 1 aromatic carbocycles. The third kappa shape index (κ3) is 3.55. The minimum atomic E-state index is -4.42. The second kappa shape index (κ2) is 6.76. The highest BCUT2D eigenvalue weighted by atomic mass is 19.4. The molecule has 0 amide bonds. The molecule has 0 radical (unpaired) electrons. The van der Waals surface area contributed by atoms with E-state index in [1.54, 1.807) is 6.07 Å². The van der Waals surface area contributed by atoms with Crippen molar-refractivity contribution in [3.05, 3.63) is 47.0 Å². The van der Waals surface area contributed by atoms with Crippen LogP contribution in [0.3, 0.4) is 0 Å². The number of likely N-dealkylation sites (tertiary alicyclic amines) is 1. The summed E-state index contributed by atoms with van der Waals surface area (Å²) in [4.78, 5) is 1.85. The molecule has 0 spiro atoms. The van der Waals surface area contributed by atoms with Gasteiger partial charge in [-0.3, -0.25) is 4.90 Å². The number of hydrogen-bond donors (Lipinski definition) is 1. The van der Waals surface area contributed by atoms with E-state index in [0.717, 1.165) is 11.9 Å². The van der Waals surface area contributed by atoms with Gasteiger partial charge in [0.15, 0.2) is 0 Å². The monoisotopic (exact) mass is 354 g/mol. The van der Waals surface area contributed by atoms with E-state index in [9.17, 15) is 18.3 Å². The number of halogens is 3. The van der Waals surface area contributed by atoms with Crippen LogP contribution >= 0.6 is 0 Å². The predicted molar refractivity (Wildman–Crippen MR) is 85.7 cm³/mol. The lowest BCUT2D eigenvalue weighted by Crippen LogP contribution is -2.27. The average Bonchev–Trinajstić information content (AvgIpc) is 3.09. The summed E-state index contributed by atoms with van der Waals surface area (Å²) in [6.45, 7) is 5.16. The number of benzene rings is 1. The van der Waals surface area contributed by atoms with E-state index in [4.69, 9.17) is 0 Å². The van der Waals surface area contributed by atoms with Crippen molar-refractivity contribution < 1.29 is 18.3 Å². The van der Waals surface area contributed by atoms with Gasteiger partial charge in [0, 0.05) is 19.1 Å². The van der Waals surface area contributed by atoms with Crippen LogP contribution in [0.15, 0.2) is 24.3 Å². The quantitative estimate of drug-likeness (QED) is 0.917. The minimum absolute atomic E-state index is 0.200. The van der Waals surface area contributed by atoms with Gasteiger partial charge in [-0.2, -0.15) is 13.2 Å². The zero-order chi connectivity index (χ0) is 18.2. The van der Waals surface area contributed by atoms with Gasteiger partial charge in [-0.1, -0.05) is 18.2 Å². The topological polar surface area (TPSA) is 54.2 Å². The highest BCUT2D eigenvalue weighted by molar-refractivity contribution is 5.33. The van der Waals surface area contributed by atoms with E-state index in [1.165, 1.54) is 12.1 Å². The van der Waals surface area contributed by atoms with Gasteiger partial charge in [0.1, 0.15) is 11.6 Å². The summed E-state index contributed by atoms with van der Waals surface area (Å²) in [6, 6.07) is 5.08. The first-order valence-electron chi connectivity index (χ1n) is 8.28. The van der Waals surface area contributed by atoms with Crippen molar-refractivity contribution in [3.63, 3.8) is 0 Å². The maximum Gasteiger partial charge on any atom is 0.416 e. The Morgan fingerprint density at radius 1 is 1.24 bits per heavy atom. The summed E-state index contributed by atoms with van der Waals surface area (Å²) in [7, 11) is 0. The van der Waals surface area contributed by atoms with Crippen molar-refractivity contribution in [1.29, 1.82) is 0 Å². The molecule has 0 saturated carbocycles. The molecule has 2 heterocycles. The lowest BCUT2D eigenvalue weighted by molar-refractivity contribution is -0.138. The Kier molecular flexibility index (Phi) is 4.83. The summed E-state index contributed by atoms with van der Waals surface area (Å²) in [5, 5.41) is 18.3. The molecule has 1 aliphatic rings. The number of aryl methyl sites for hydroxylation is 1. The van der Waals surface area contributed by atoms with Gasteiger partial charge >= 0.3 is 6.18 Å². The van der Waals surface area contributed by atoms with E-state index in [-0.39, 0.29) is 12.0 Å². The Labute approximate surface area is 144 Å². The molecule has 3 rings (SSSR count). The summed E-state index contributed by atoms with van der Waals surface area (Å²) >= 11 is 0. The summed E-state index contributed by atoms with van der Waals surface area (Å²) in [6.07, 6.45) is -4.81. The number of aliphatic hydroxyl groups excluding tert-OH is 1. The molecule has 1 aromatic heterocycles. The van der Waals surface area contributed by atoms with E-state index in [2.05, 4.69) is 10.2 Å². The predicted octanol–water partition coefficient (Wildman–Crippen LogP) is 2.93. The van der Waals surface area contributed by atoms with Crippen LogP contribution in [0.4, 0.5) is 13.2 Å². The van der Waals surface area contributed by atoms with E-state index >= 15 is 0 Å². The number of aliphatic hydroxyl groups is 1. The zero-order valence-corrected chi connectivity index (χ0v) is 14.2. The number of nitrogens with zero attached hydrogens (tertiary/aromatic N) is 4. The van der Waals surface area contributed by atoms with Crippen LogP contribution in [-0.4, -0.2) is 37.4 Å². The van der Waals surface area contributed by atoms with E-state index < -0.39 is 23.9 Å². The molecule has 0 unspecified atom stereocenters. The Bertz CT molecular complexity index is 744. The van der Waals surface area contributed by atoms with Crippen LogP contribution < -0.4 is 0 Å². The Hall–Kier alpha value is -1.93. The first-order chi connectivity index (χ1) is 11.8. The molecule has 25 heavy (non-hydrogen) atoms. The van der Waals surface area contributed by atoms with E-state index in [0.29, 0.717) is 25.5 Å². The van der Waals surface area contributed by atoms with Gasteiger partial charge in [-0.25, -0.2) is 0 Å². The number of alkyl halides is 3. The number of β-amino-alcohol motifs (C(OH)–C–C–N with tert-alkyl or cyclic N) is 1. The van der Waals surface area contributed by atoms with Crippen LogP contribution in [0.1, 0.15) is 42.2 Å². The molecule has 8 heteroatoms. The van der Waals surface area contributed by atoms with Crippen molar-refractivity contribution >= 4 is 0 Å². The van der Waals surface area contributed by atoms with Crippen LogP contribution in [-0.2, 0) is 19.3 Å². The zero-order valence-electron chi connectivity index (χ0n) is 14.2. The number of hydrogen-bond acceptors (Lipinski definition) is 4. The number of aromatic nitrogens is 3. The summed E-state index contributed by atoms with van der Waals surface area (Å²) < 4.78 is 42.0. The van der Waals surface area contributed by atoms with Gasteiger partial charge in [0.25, 0.3) is 0 Å². The van der Waals surface area contributed by atoms with Crippen LogP contribution in [0.5, 0.6) is 0 Å². The van der Waals surface area contributed by atoms with Crippen LogP contribution in [0, 0.1) is 6.92 Å². The fourth-order valence-corrected chi connectivity index (χ4v) is 3.56. The normalized spacial score (nSPS) is 21.8. The molecule has 1 saturated heterocycles. The Morgan fingerprint density at radius 3 is 2.64 bits per heavy atom. The van der Waals surface area contributed by atoms with Crippen molar-refractivity contribution in [2.45, 2.75) is 51.7 Å². The van der Waals surface area contributed by atoms with Gasteiger partial charge in [-0.05, 0) is 31.9 Å². The van der Waals surface area contributed by atoms with Crippen molar-refractivity contribution in [2.75, 3.05) is 6.54 Å². The fourth-order valence-electron chi connectivity index (χ4n) is 3.56. The molecule has 136 valence electrons. The molecular weight excluding hydrogens is 333 g/mol. The fraction of sp³-hybridized carbons (Fsp3) is 0.529. The molecule has 0 bridgehead atoms. The SMILES string of the molecule is CCn1c(C)nnc1CN1C[C@H](O)C[C@@H]1c1ccccc1C(F)(F)F. The van der Waals surface area contributed by atoms with Crippen molar-refractivity contribution in [2.24, 2.45) is 0 Å². The first kappa shape index (κ1) is 17.9. The Morgan fingerprint density at radius 2 is 1.96 bits per heavy atom. The van der Waals surface area contributed by atoms with Crippen molar-refractivity contribution in [1.82, 2.24) is 19.7 Å². The van der Waals surface area contributed by atoms with Crippen molar-refractivity contribution in [3.8, 4) is 0 Å². The second-order valence-corrected chi connectivity index (χ2v) is 6.33. The van der Waals surface area contributed by atoms with Crippen LogP contribution in [0.25, 0.3) is 0 Å². The maximum absolute atomic E-state index is 13.4. The van der Waals surface area contributed by atoms with Crippen LogP contribution in [0.2, 0.25) is 0 Å². The highest BCUT2D eigenvalue weighted by Gasteiger charge is 2.40. The maximum atomic E-state index is 13.4. The third-order valence-corrected chi connectivity index (χ3v) is 4.68. The van der Waals surface area contributed by atoms with E-state index in [1.807, 2.05) is 23.3 Å². The molecular formula is C17H21F3N4O. The van der Waals surface area contributed by atoms with Gasteiger partial charge in [-0.15, -0.1) is 10.2 Å². The number of rotatable bonds is 4. The van der Waals surface area contributed by atoms with Gasteiger partial charge < -0.3 is 9.67 Å². The minimum Gasteiger partial charge on any atom is -0.392 e. The lowest BCUT2D eigenvalue weighted by atomic mass is 9.97. The Balaban J connectivity index is 1.93. The third-order valence-electron chi connectivity index (χ3n) is 4.68. The summed E-state index contributed by atoms with van der Waals surface area (Å²) in [5.41, 5.74) is -0.446.